The van der Waals surface area contributed by atoms with Gasteiger partial charge in [-0.15, -0.1) is 0 Å². The summed E-state index contributed by atoms with van der Waals surface area (Å²) in [5.41, 5.74) is 1.27. The smallest absolute Gasteiger partial charge is 0.0518 e. The van der Waals surface area contributed by atoms with E-state index >= 15 is 0 Å². The first-order valence-corrected chi connectivity index (χ1v) is 7.35. The molecule has 1 aromatic heterocycles. The fourth-order valence-electron chi connectivity index (χ4n) is 2.66. The maximum Gasteiger partial charge on any atom is 0.0518 e. The largest absolute Gasteiger partial charge is 0.303 e. The third-order valence-corrected chi connectivity index (χ3v) is 3.94. The van der Waals surface area contributed by atoms with Crippen LogP contribution in [0.3, 0.4) is 0 Å². The van der Waals surface area contributed by atoms with E-state index in [4.69, 9.17) is 0 Å². The second-order valence-corrected chi connectivity index (χ2v) is 6.21. The van der Waals surface area contributed by atoms with Gasteiger partial charge in [0.05, 0.1) is 6.20 Å². The molecule has 0 atom stereocenters. The molecule has 1 aromatic rings. The van der Waals surface area contributed by atoms with Gasteiger partial charge in [0.15, 0.2) is 0 Å². The number of hydrogen-bond donors (Lipinski definition) is 0. The van der Waals surface area contributed by atoms with Crippen LogP contribution in [0.15, 0.2) is 12.4 Å². The maximum absolute atomic E-state index is 4.39. The van der Waals surface area contributed by atoms with E-state index in [-0.39, 0.29) is 0 Å². The van der Waals surface area contributed by atoms with Crippen LogP contribution >= 0.6 is 0 Å². The highest BCUT2D eigenvalue weighted by Crippen LogP contribution is 2.19. The lowest BCUT2D eigenvalue weighted by Crippen LogP contribution is -2.36. The highest BCUT2D eigenvalue weighted by atomic mass is 15.3. The highest BCUT2D eigenvalue weighted by molar-refractivity contribution is 4.99. The molecule has 0 radical (unpaired) electrons. The minimum absolute atomic E-state index is 0.819. The molecular formula is C15H27N3. The van der Waals surface area contributed by atoms with Gasteiger partial charge in [0.25, 0.3) is 0 Å². The van der Waals surface area contributed by atoms with Crippen LogP contribution in [0.1, 0.15) is 38.7 Å². The van der Waals surface area contributed by atoms with Crippen molar-refractivity contribution < 1.29 is 0 Å². The molecule has 2 heterocycles. The fraction of sp³-hybridized carbons (Fsp3) is 0.800. The van der Waals surface area contributed by atoms with E-state index in [1.54, 1.807) is 0 Å². The summed E-state index contributed by atoms with van der Waals surface area (Å²) in [7, 11) is 0. The third-order valence-electron chi connectivity index (χ3n) is 3.94. The monoisotopic (exact) mass is 249 g/mol. The molecule has 0 bridgehead atoms. The Morgan fingerprint density at radius 3 is 2.61 bits per heavy atom. The Balaban J connectivity index is 1.70. The molecular weight excluding hydrogens is 222 g/mol. The van der Waals surface area contributed by atoms with Crippen LogP contribution in [0.25, 0.3) is 0 Å². The number of aromatic nitrogens is 2. The molecule has 2 rings (SSSR count). The topological polar surface area (TPSA) is 21.1 Å². The quantitative estimate of drug-likeness (QED) is 0.800. The van der Waals surface area contributed by atoms with Crippen LogP contribution in [-0.4, -0.2) is 34.3 Å². The molecule has 1 fully saturated rings. The molecule has 18 heavy (non-hydrogen) atoms. The van der Waals surface area contributed by atoms with Crippen molar-refractivity contribution in [3.63, 3.8) is 0 Å². The maximum atomic E-state index is 4.39. The van der Waals surface area contributed by atoms with Crippen molar-refractivity contribution in [2.24, 2.45) is 11.8 Å². The number of nitrogens with zero attached hydrogens (tertiary/aromatic N) is 3. The van der Waals surface area contributed by atoms with Crippen molar-refractivity contribution in [3.8, 4) is 0 Å². The van der Waals surface area contributed by atoms with Crippen molar-refractivity contribution in [3.05, 3.63) is 18.0 Å². The molecule has 1 saturated heterocycles. The molecule has 0 amide bonds. The van der Waals surface area contributed by atoms with Crippen LogP contribution < -0.4 is 0 Å². The molecule has 102 valence electrons. The van der Waals surface area contributed by atoms with E-state index < -0.39 is 0 Å². The van der Waals surface area contributed by atoms with Crippen molar-refractivity contribution >= 4 is 0 Å². The van der Waals surface area contributed by atoms with Crippen LogP contribution in [0, 0.1) is 18.8 Å². The van der Waals surface area contributed by atoms with Gasteiger partial charge < -0.3 is 4.90 Å². The SMILES string of the molecule is Cc1cnn(CC2CCN(CCC(C)C)CC2)c1. The highest BCUT2D eigenvalue weighted by Gasteiger charge is 2.19. The van der Waals surface area contributed by atoms with Crippen molar-refractivity contribution in [2.75, 3.05) is 19.6 Å². The molecule has 1 aliphatic heterocycles. The lowest BCUT2D eigenvalue weighted by Gasteiger charge is -2.32. The average Bonchev–Trinajstić information content (AvgIpc) is 2.74. The van der Waals surface area contributed by atoms with Crippen LogP contribution in [-0.2, 0) is 6.54 Å². The lowest BCUT2D eigenvalue weighted by molar-refractivity contribution is 0.164. The molecule has 0 spiro atoms. The first-order valence-electron chi connectivity index (χ1n) is 7.35. The molecule has 0 aromatic carbocycles. The number of rotatable bonds is 5. The van der Waals surface area contributed by atoms with Crippen LogP contribution in [0.5, 0.6) is 0 Å². The van der Waals surface area contributed by atoms with E-state index in [2.05, 4.69) is 41.6 Å². The molecule has 1 aliphatic rings. The molecule has 0 saturated carbocycles. The second kappa shape index (κ2) is 6.37. The zero-order valence-corrected chi connectivity index (χ0v) is 12.1. The fourth-order valence-corrected chi connectivity index (χ4v) is 2.66. The zero-order valence-electron chi connectivity index (χ0n) is 12.1. The summed E-state index contributed by atoms with van der Waals surface area (Å²) in [5.74, 6) is 1.65. The Bertz CT molecular complexity index is 348. The Hall–Kier alpha value is -0.830. The van der Waals surface area contributed by atoms with E-state index in [1.165, 1.54) is 44.5 Å². The second-order valence-electron chi connectivity index (χ2n) is 6.21. The van der Waals surface area contributed by atoms with Crippen molar-refractivity contribution in [1.29, 1.82) is 0 Å². The van der Waals surface area contributed by atoms with E-state index in [1.807, 2.05) is 6.20 Å². The molecule has 3 nitrogen and oxygen atoms in total. The number of likely N-dealkylation sites (tertiary alicyclic amines) is 1. The summed E-state index contributed by atoms with van der Waals surface area (Å²) in [6.45, 7) is 11.7. The molecule has 0 aliphatic carbocycles. The number of piperidine rings is 1. The van der Waals surface area contributed by atoms with Gasteiger partial charge >= 0.3 is 0 Å². The molecule has 0 N–H and O–H groups in total. The average molecular weight is 249 g/mol. The lowest BCUT2D eigenvalue weighted by atomic mass is 9.96. The van der Waals surface area contributed by atoms with Gasteiger partial charge in [0.2, 0.25) is 0 Å². The van der Waals surface area contributed by atoms with Crippen LogP contribution in [0.2, 0.25) is 0 Å². The van der Waals surface area contributed by atoms with Gasteiger partial charge in [-0.25, -0.2) is 0 Å². The Labute approximate surface area is 111 Å². The van der Waals surface area contributed by atoms with Gasteiger partial charge in [-0.1, -0.05) is 13.8 Å². The Morgan fingerprint density at radius 1 is 1.33 bits per heavy atom. The van der Waals surface area contributed by atoms with Gasteiger partial charge in [-0.3, -0.25) is 4.68 Å². The van der Waals surface area contributed by atoms with Crippen molar-refractivity contribution in [2.45, 2.75) is 46.6 Å². The van der Waals surface area contributed by atoms with E-state index in [9.17, 15) is 0 Å². The summed E-state index contributed by atoms with van der Waals surface area (Å²) >= 11 is 0. The Kier molecular flexibility index (Phi) is 4.81. The van der Waals surface area contributed by atoms with Gasteiger partial charge in [-0.05, 0) is 63.2 Å². The van der Waals surface area contributed by atoms with Gasteiger partial charge in [0, 0.05) is 12.7 Å². The summed E-state index contributed by atoms with van der Waals surface area (Å²) in [6, 6.07) is 0. The minimum Gasteiger partial charge on any atom is -0.303 e. The summed E-state index contributed by atoms with van der Waals surface area (Å²) in [6.07, 6.45) is 8.11. The minimum atomic E-state index is 0.819. The summed E-state index contributed by atoms with van der Waals surface area (Å²) in [5, 5.41) is 4.39. The van der Waals surface area contributed by atoms with Crippen LogP contribution in [0.4, 0.5) is 0 Å². The van der Waals surface area contributed by atoms with E-state index in [0.29, 0.717) is 0 Å². The molecule has 0 unspecified atom stereocenters. The normalized spacial score (nSPS) is 18.7. The first-order chi connectivity index (χ1) is 8.63. The summed E-state index contributed by atoms with van der Waals surface area (Å²) in [4.78, 5) is 2.63. The summed E-state index contributed by atoms with van der Waals surface area (Å²) < 4.78 is 2.11. The van der Waals surface area contributed by atoms with E-state index in [0.717, 1.165) is 18.4 Å². The van der Waals surface area contributed by atoms with Crippen molar-refractivity contribution in [1.82, 2.24) is 14.7 Å². The first kappa shape index (κ1) is 13.6. The predicted octanol–water partition coefficient (Wildman–Crippen LogP) is 2.95. The van der Waals surface area contributed by atoms with Gasteiger partial charge in [-0.2, -0.15) is 5.10 Å². The number of aryl methyl sites for hydroxylation is 1. The standard InChI is InChI=1S/C15H27N3/c1-13(2)4-7-17-8-5-15(6-9-17)12-18-11-14(3)10-16-18/h10-11,13,15H,4-9,12H2,1-3H3. The van der Waals surface area contributed by atoms with Gasteiger partial charge in [0.1, 0.15) is 0 Å². The number of hydrogen-bond acceptors (Lipinski definition) is 2. The zero-order chi connectivity index (χ0) is 13.0. The third kappa shape index (κ3) is 4.13. The molecule has 3 heteroatoms. The predicted molar refractivity (Wildman–Crippen MR) is 75.6 cm³/mol. The Morgan fingerprint density at radius 2 is 2.06 bits per heavy atom.